The van der Waals surface area contributed by atoms with Crippen LogP contribution in [0.25, 0.3) is 34.3 Å². The van der Waals surface area contributed by atoms with Gasteiger partial charge in [0.15, 0.2) is 11.5 Å². The Balaban J connectivity index is 1.67. The molecule has 0 aliphatic heterocycles. The van der Waals surface area contributed by atoms with E-state index in [1.54, 1.807) is 29.0 Å². The first-order valence-corrected chi connectivity index (χ1v) is 11.5. The highest BCUT2D eigenvalue weighted by molar-refractivity contribution is 5.69. The number of nitriles is 1. The third-order valence-corrected chi connectivity index (χ3v) is 5.48. The molecule has 3 aromatic heterocycles. The van der Waals surface area contributed by atoms with Gasteiger partial charge in [0.25, 0.3) is 11.4 Å². The van der Waals surface area contributed by atoms with Gasteiger partial charge < -0.3 is 20.0 Å². The standard InChI is InChI=1S/C26H28N8O2/c1-15(2)34-14-17(7-9-21(34)35)20-13-29-23(28)22(31-20)25-33-32-24(36-25)19-8-6-16(10-18(19)11-27)12-30-26(3,4)5/h6-10,13-15,30H,12H2,1-5H3,(H2,28,29). The minimum absolute atomic E-state index is 0.0119. The Morgan fingerprint density at radius 1 is 1.17 bits per heavy atom. The maximum Gasteiger partial charge on any atom is 0.270 e. The van der Waals surface area contributed by atoms with Crippen LogP contribution in [-0.4, -0.2) is 30.3 Å². The Bertz CT molecular complexity index is 1510. The highest BCUT2D eigenvalue weighted by atomic mass is 16.4. The molecule has 4 rings (SSSR count). The molecule has 4 aromatic rings. The van der Waals surface area contributed by atoms with E-state index in [9.17, 15) is 10.1 Å². The van der Waals surface area contributed by atoms with Crippen LogP contribution in [0.5, 0.6) is 0 Å². The molecule has 0 aliphatic carbocycles. The van der Waals surface area contributed by atoms with Crippen molar-refractivity contribution in [3.8, 4) is 40.4 Å². The summed E-state index contributed by atoms with van der Waals surface area (Å²) in [4.78, 5) is 20.9. The van der Waals surface area contributed by atoms with Crippen LogP contribution in [-0.2, 0) is 6.54 Å². The lowest BCUT2D eigenvalue weighted by Crippen LogP contribution is -2.35. The van der Waals surface area contributed by atoms with Gasteiger partial charge in [-0.15, -0.1) is 10.2 Å². The van der Waals surface area contributed by atoms with Gasteiger partial charge in [0.05, 0.1) is 29.1 Å². The number of nitrogen functional groups attached to an aromatic ring is 1. The molecule has 10 nitrogen and oxygen atoms in total. The van der Waals surface area contributed by atoms with Crippen molar-refractivity contribution >= 4 is 5.82 Å². The summed E-state index contributed by atoms with van der Waals surface area (Å²) < 4.78 is 7.49. The number of nitrogens with zero attached hydrogens (tertiary/aromatic N) is 6. The van der Waals surface area contributed by atoms with Crippen molar-refractivity contribution in [1.82, 2.24) is 30.0 Å². The van der Waals surface area contributed by atoms with E-state index >= 15 is 0 Å². The van der Waals surface area contributed by atoms with Crippen LogP contribution in [0.1, 0.15) is 51.8 Å². The quantitative estimate of drug-likeness (QED) is 0.415. The summed E-state index contributed by atoms with van der Waals surface area (Å²) in [5.74, 6) is 0.378. The first-order valence-electron chi connectivity index (χ1n) is 11.5. The average molecular weight is 485 g/mol. The summed E-state index contributed by atoms with van der Waals surface area (Å²) in [6.45, 7) is 10.7. The van der Waals surface area contributed by atoms with Gasteiger partial charge in [0.1, 0.15) is 0 Å². The van der Waals surface area contributed by atoms with Gasteiger partial charge in [0.2, 0.25) is 5.89 Å². The molecule has 0 aliphatic rings. The maximum atomic E-state index is 12.1. The van der Waals surface area contributed by atoms with Crippen molar-refractivity contribution in [3.63, 3.8) is 0 Å². The van der Waals surface area contributed by atoms with Gasteiger partial charge in [-0.05, 0) is 58.4 Å². The SMILES string of the molecule is CC(C)n1cc(-c2cnc(N)c(-c3nnc(-c4ccc(CNC(C)(C)C)cc4C#N)o3)n2)ccc1=O. The Kier molecular flexibility index (Phi) is 6.68. The zero-order valence-electron chi connectivity index (χ0n) is 20.9. The molecular weight excluding hydrogens is 456 g/mol. The Morgan fingerprint density at radius 3 is 2.61 bits per heavy atom. The van der Waals surface area contributed by atoms with Crippen molar-refractivity contribution in [1.29, 1.82) is 5.26 Å². The van der Waals surface area contributed by atoms with Crippen molar-refractivity contribution in [2.24, 2.45) is 0 Å². The van der Waals surface area contributed by atoms with Crippen molar-refractivity contribution in [3.05, 3.63) is 64.2 Å². The molecule has 0 saturated carbocycles. The van der Waals surface area contributed by atoms with Crippen molar-refractivity contribution < 1.29 is 4.42 Å². The molecule has 0 unspecified atom stereocenters. The second-order valence-corrected chi connectivity index (χ2v) is 9.75. The number of hydrogen-bond donors (Lipinski definition) is 2. The van der Waals surface area contributed by atoms with Crippen molar-refractivity contribution in [2.75, 3.05) is 5.73 Å². The van der Waals surface area contributed by atoms with Gasteiger partial charge >= 0.3 is 0 Å². The summed E-state index contributed by atoms with van der Waals surface area (Å²) in [5.41, 5.74) is 9.25. The number of pyridine rings is 1. The van der Waals surface area contributed by atoms with E-state index in [-0.39, 0.29) is 40.4 Å². The van der Waals surface area contributed by atoms with Gasteiger partial charge in [0, 0.05) is 36.0 Å². The second-order valence-electron chi connectivity index (χ2n) is 9.75. The van der Waals surface area contributed by atoms with E-state index < -0.39 is 0 Å². The van der Waals surface area contributed by atoms with Crippen LogP contribution in [0.3, 0.4) is 0 Å². The molecule has 0 fully saturated rings. The Labute approximate surface area is 208 Å². The third kappa shape index (κ3) is 5.31. The lowest BCUT2D eigenvalue weighted by molar-refractivity contribution is 0.424. The highest BCUT2D eigenvalue weighted by Gasteiger charge is 2.19. The largest absolute Gasteiger partial charge is 0.414 e. The summed E-state index contributed by atoms with van der Waals surface area (Å²) in [7, 11) is 0. The molecule has 184 valence electrons. The fourth-order valence-corrected chi connectivity index (χ4v) is 3.53. The molecule has 0 radical (unpaired) electrons. The van der Waals surface area contributed by atoms with E-state index in [4.69, 9.17) is 10.2 Å². The van der Waals surface area contributed by atoms with Crippen LogP contribution in [0.15, 0.2) is 51.9 Å². The lowest BCUT2D eigenvalue weighted by Gasteiger charge is -2.20. The van der Waals surface area contributed by atoms with Gasteiger partial charge in [-0.1, -0.05) is 6.07 Å². The molecule has 0 spiro atoms. The van der Waals surface area contributed by atoms with E-state index in [0.29, 0.717) is 28.9 Å². The molecule has 0 saturated heterocycles. The van der Waals surface area contributed by atoms with Gasteiger partial charge in [-0.25, -0.2) is 9.97 Å². The number of nitrogens with two attached hydrogens (primary N) is 1. The molecule has 0 bridgehead atoms. The maximum absolute atomic E-state index is 12.1. The molecule has 0 amide bonds. The van der Waals surface area contributed by atoms with E-state index in [1.165, 1.54) is 12.3 Å². The molecule has 10 heteroatoms. The van der Waals surface area contributed by atoms with Crippen molar-refractivity contribution in [2.45, 2.75) is 52.7 Å². The van der Waals surface area contributed by atoms with Crippen LogP contribution in [0, 0.1) is 11.3 Å². The fraction of sp³-hybridized carbons (Fsp3) is 0.308. The second kappa shape index (κ2) is 9.71. The summed E-state index contributed by atoms with van der Waals surface area (Å²) >= 11 is 0. The molecule has 1 aromatic carbocycles. The Hall–Kier alpha value is -4.36. The van der Waals surface area contributed by atoms with Gasteiger partial charge in [-0.3, -0.25) is 4.79 Å². The minimum atomic E-state index is -0.104. The number of nitrogens with one attached hydrogen (secondary N) is 1. The van der Waals surface area contributed by atoms with E-state index in [1.807, 2.05) is 19.9 Å². The first-order chi connectivity index (χ1) is 17.1. The monoisotopic (exact) mass is 484 g/mol. The molecular formula is C26H28N8O2. The summed E-state index contributed by atoms with van der Waals surface area (Å²) in [6, 6.07) is 10.9. The number of hydrogen-bond acceptors (Lipinski definition) is 9. The number of benzene rings is 1. The topological polar surface area (TPSA) is 149 Å². The molecule has 3 N–H and O–H groups in total. The van der Waals surface area contributed by atoms with Crippen LogP contribution in [0.4, 0.5) is 5.82 Å². The number of aromatic nitrogens is 5. The van der Waals surface area contributed by atoms with Crippen LogP contribution in [0.2, 0.25) is 0 Å². The van der Waals surface area contributed by atoms with E-state index in [0.717, 1.165) is 5.56 Å². The number of anilines is 1. The zero-order valence-corrected chi connectivity index (χ0v) is 20.9. The number of rotatable bonds is 6. The normalized spacial score (nSPS) is 11.6. The first kappa shape index (κ1) is 24.8. The smallest absolute Gasteiger partial charge is 0.270 e. The van der Waals surface area contributed by atoms with Gasteiger partial charge in [-0.2, -0.15) is 5.26 Å². The van der Waals surface area contributed by atoms with Crippen LogP contribution < -0.4 is 16.6 Å². The minimum Gasteiger partial charge on any atom is -0.414 e. The summed E-state index contributed by atoms with van der Waals surface area (Å²) in [6.07, 6.45) is 3.25. The molecule has 3 heterocycles. The highest BCUT2D eigenvalue weighted by Crippen LogP contribution is 2.29. The predicted octanol–water partition coefficient (Wildman–Crippen LogP) is 3.95. The molecule has 0 atom stereocenters. The predicted molar refractivity (Wildman–Crippen MR) is 137 cm³/mol. The zero-order chi connectivity index (χ0) is 26.0. The lowest BCUT2D eigenvalue weighted by atomic mass is 10.0. The average Bonchev–Trinajstić information content (AvgIpc) is 3.32. The Morgan fingerprint density at radius 2 is 1.92 bits per heavy atom. The molecule has 36 heavy (non-hydrogen) atoms. The third-order valence-electron chi connectivity index (χ3n) is 5.48. The van der Waals surface area contributed by atoms with Crippen LogP contribution >= 0.6 is 0 Å². The summed E-state index contributed by atoms with van der Waals surface area (Å²) in [5, 5.41) is 21.4. The van der Waals surface area contributed by atoms with E-state index in [2.05, 4.69) is 52.3 Å². The fourth-order valence-electron chi connectivity index (χ4n) is 3.53.